The van der Waals surface area contributed by atoms with Crippen molar-refractivity contribution in [2.45, 2.75) is 25.2 Å². The summed E-state index contributed by atoms with van der Waals surface area (Å²) in [7, 11) is 3.22. The minimum Gasteiger partial charge on any atom is -0.497 e. The first-order chi connectivity index (χ1) is 14.7. The van der Waals surface area contributed by atoms with Crippen molar-refractivity contribution in [3.05, 3.63) is 77.7 Å². The number of nitrogens with one attached hydrogen (secondary N) is 1. The fraction of sp³-hybridized carbons (Fsp3) is 0.261. The van der Waals surface area contributed by atoms with Crippen molar-refractivity contribution in [1.29, 1.82) is 0 Å². The summed E-state index contributed by atoms with van der Waals surface area (Å²) >= 11 is 0. The minimum absolute atomic E-state index is 0.244. The van der Waals surface area contributed by atoms with Gasteiger partial charge in [0.2, 0.25) is 0 Å². The normalized spacial score (nSPS) is 17.4. The highest BCUT2D eigenvalue weighted by Crippen LogP contribution is 2.39. The van der Waals surface area contributed by atoms with Gasteiger partial charge in [0.1, 0.15) is 29.1 Å². The minimum atomic E-state index is -0.542. The maximum atomic E-state index is 12.5. The third-order valence-electron chi connectivity index (χ3n) is 4.95. The molecule has 1 aromatic heterocycles. The van der Waals surface area contributed by atoms with Gasteiger partial charge in [-0.3, -0.25) is 0 Å². The Labute approximate surface area is 174 Å². The number of furan rings is 1. The molecule has 2 aromatic carbocycles. The number of benzene rings is 2. The van der Waals surface area contributed by atoms with Crippen molar-refractivity contribution >= 4 is 6.09 Å². The molecule has 1 aliphatic rings. The number of methoxy groups -OCH3 is 2. The molecule has 2 heterocycles. The van der Waals surface area contributed by atoms with Gasteiger partial charge in [-0.1, -0.05) is 12.1 Å². The lowest BCUT2D eigenvalue weighted by Gasteiger charge is -2.33. The molecule has 0 unspecified atom stereocenters. The summed E-state index contributed by atoms with van der Waals surface area (Å²) < 4.78 is 27.9. The van der Waals surface area contributed by atoms with Crippen LogP contribution < -0.4 is 19.5 Å². The molecule has 2 atom stereocenters. The van der Waals surface area contributed by atoms with Crippen LogP contribution in [0.1, 0.15) is 23.0 Å². The van der Waals surface area contributed by atoms with Crippen molar-refractivity contribution in [3.63, 3.8) is 0 Å². The summed E-state index contributed by atoms with van der Waals surface area (Å²) in [6, 6.07) is 16.7. The van der Waals surface area contributed by atoms with E-state index in [9.17, 15) is 4.79 Å². The van der Waals surface area contributed by atoms with Crippen LogP contribution in [0.4, 0.5) is 4.79 Å². The molecule has 0 radical (unpaired) electrons. The third kappa shape index (κ3) is 4.35. The molecule has 3 aromatic rings. The van der Waals surface area contributed by atoms with Crippen LogP contribution in [0.15, 0.2) is 65.3 Å². The van der Waals surface area contributed by atoms with Crippen LogP contribution in [0.3, 0.4) is 0 Å². The van der Waals surface area contributed by atoms with Gasteiger partial charge < -0.3 is 28.7 Å². The van der Waals surface area contributed by atoms with Crippen molar-refractivity contribution in [1.82, 2.24) is 5.32 Å². The van der Waals surface area contributed by atoms with Crippen molar-refractivity contribution in [3.8, 4) is 17.2 Å². The standard InChI is InChI=1S/C23H23NO6/c1-26-17-6-3-5-15(11-17)22-21(30-23(25)24-14-19-7-4-10-28-19)13-16-12-18(27-2)8-9-20(16)29-22/h3-12,21-22H,13-14H2,1-2H3,(H,24,25)/t21-,22+/m1/s1. The van der Waals surface area contributed by atoms with E-state index in [-0.39, 0.29) is 6.54 Å². The zero-order valence-corrected chi connectivity index (χ0v) is 16.8. The van der Waals surface area contributed by atoms with Crippen LogP contribution in [0.25, 0.3) is 0 Å². The van der Waals surface area contributed by atoms with E-state index in [1.807, 2.05) is 42.5 Å². The number of alkyl carbamates (subject to hydrolysis) is 1. The quantitative estimate of drug-likeness (QED) is 0.655. The molecule has 30 heavy (non-hydrogen) atoms. The maximum absolute atomic E-state index is 12.5. The Morgan fingerprint density at radius 3 is 2.67 bits per heavy atom. The van der Waals surface area contributed by atoms with Gasteiger partial charge in [0.05, 0.1) is 27.0 Å². The van der Waals surface area contributed by atoms with Gasteiger partial charge in [0, 0.05) is 12.0 Å². The molecule has 1 amide bonds. The summed E-state index contributed by atoms with van der Waals surface area (Å²) in [6.07, 6.45) is 0.492. The zero-order chi connectivity index (χ0) is 20.9. The van der Waals surface area contributed by atoms with E-state index in [4.69, 9.17) is 23.4 Å². The lowest BCUT2D eigenvalue weighted by Crippen LogP contribution is -2.37. The van der Waals surface area contributed by atoms with Gasteiger partial charge in [-0.2, -0.15) is 0 Å². The number of hydrogen-bond acceptors (Lipinski definition) is 6. The number of hydrogen-bond donors (Lipinski definition) is 1. The van der Waals surface area contributed by atoms with Crippen LogP contribution in [0, 0.1) is 0 Å². The predicted octanol–water partition coefficient (Wildman–Crippen LogP) is 4.27. The summed E-state index contributed by atoms with van der Waals surface area (Å²) in [6.45, 7) is 0.244. The van der Waals surface area contributed by atoms with Gasteiger partial charge in [0.15, 0.2) is 6.10 Å². The lowest BCUT2D eigenvalue weighted by molar-refractivity contribution is 0.00276. The molecular weight excluding hydrogens is 386 g/mol. The van der Waals surface area contributed by atoms with E-state index in [1.54, 1.807) is 32.6 Å². The van der Waals surface area contributed by atoms with E-state index < -0.39 is 18.3 Å². The van der Waals surface area contributed by atoms with Crippen molar-refractivity contribution < 1.29 is 28.2 Å². The molecule has 0 aliphatic carbocycles. The van der Waals surface area contributed by atoms with Crippen molar-refractivity contribution in [2.75, 3.05) is 14.2 Å². The Morgan fingerprint density at radius 2 is 1.90 bits per heavy atom. The van der Waals surface area contributed by atoms with Crippen LogP contribution in [0.2, 0.25) is 0 Å². The van der Waals surface area contributed by atoms with Crippen molar-refractivity contribution in [2.24, 2.45) is 0 Å². The van der Waals surface area contributed by atoms with Gasteiger partial charge >= 0.3 is 6.09 Å². The summed E-state index contributed by atoms with van der Waals surface area (Å²) in [5.74, 6) is 2.81. The summed E-state index contributed by atoms with van der Waals surface area (Å²) in [5, 5.41) is 2.71. The van der Waals surface area contributed by atoms with Crippen LogP contribution in [-0.4, -0.2) is 26.4 Å². The Morgan fingerprint density at radius 1 is 1.07 bits per heavy atom. The highest BCUT2D eigenvalue weighted by atomic mass is 16.6. The number of amides is 1. The van der Waals surface area contributed by atoms with Crippen LogP contribution in [0.5, 0.6) is 17.2 Å². The number of carbonyl (C=O) groups excluding carboxylic acids is 1. The zero-order valence-electron chi connectivity index (χ0n) is 16.8. The topological polar surface area (TPSA) is 79.2 Å². The third-order valence-corrected chi connectivity index (χ3v) is 4.95. The monoisotopic (exact) mass is 409 g/mol. The molecule has 1 N–H and O–H groups in total. The molecule has 4 rings (SSSR count). The molecular formula is C23H23NO6. The van der Waals surface area contributed by atoms with E-state index in [0.29, 0.717) is 17.9 Å². The van der Waals surface area contributed by atoms with E-state index in [1.165, 1.54) is 0 Å². The average molecular weight is 409 g/mol. The average Bonchev–Trinajstić information content (AvgIpc) is 3.30. The number of carbonyl (C=O) groups is 1. The highest BCUT2D eigenvalue weighted by Gasteiger charge is 2.35. The first-order valence-electron chi connectivity index (χ1n) is 9.60. The molecule has 7 heteroatoms. The molecule has 0 fully saturated rings. The second kappa shape index (κ2) is 8.82. The fourth-order valence-electron chi connectivity index (χ4n) is 3.45. The predicted molar refractivity (Wildman–Crippen MR) is 109 cm³/mol. The number of rotatable bonds is 6. The number of fused-ring (bicyclic) bond motifs is 1. The van der Waals surface area contributed by atoms with Crippen LogP contribution in [-0.2, 0) is 17.7 Å². The molecule has 0 saturated carbocycles. The van der Waals surface area contributed by atoms with Gasteiger partial charge in [-0.15, -0.1) is 0 Å². The molecule has 0 spiro atoms. The second-order valence-electron chi connectivity index (χ2n) is 6.87. The second-order valence-corrected chi connectivity index (χ2v) is 6.87. The molecule has 156 valence electrons. The molecule has 0 bridgehead atoms. The summed E-state index contributed by atoms with van der Waals surface area (Å²) in [5.41, 5.74) is 1.77. The molecule has 0 saturated heterocycles. The maximum Gasteiger partial charge on any atom is 0.407 e. The number of ether oxygens (including phenoxy) is 4. The lowest BCUT2D eigenvalue weighted by atomic mass is 9.94. The van der Waals surface area contributed by atoms with Gasteiger partial charge in [-0.25, -0.2) is 4.79 Å². The Balaban J connectivity index is 1.56. The smallest absolute Gasteiger partial charge is 0.407 e. The first-order valence-corrected chi connectivity index (χ1v) is 9.60. The first kappa shape index (κ1) is 19.7. The van der Waals surface area contributed by atoms with Gasteiger partial charge in [0.25, 0.3) is 0 Å². The largest absolute Gasteiger partial charge is 0.497 e. The van der Waals surface area contributed by atoms with E-state index in [0.717, 1.165) is 22.6 Å². The van der Waals surface area contributed by atoms with E-state index in [2.05, 4.69) is 5.32 Å². The Kier molecular flexibility index (Phi) is 5.79. The Hall–Kier alpha value is -3.61. The summed E-state index contributed by atoms with van der Waals surface area (Å²) in [4.78, 5) is 12.5. The highest BCUT2D eigenvalue weighted by molar-refractivity contribution is 5.67. The SMILES string of the molecule is COc1cccc([C@@H]2Oc3ccc(OC)cc3C[C@H]2OC(=O)NCc2ccco2)c1. The molecule has 1 aliphatic heterocycles. The van der Waals surface area contributed by atoms with Gasteiger partial charge in [-0.05, 0) is 48.0 Å². The Bertz CT molecular complexity index is 1000. The fourth-order valence-corrected chi connectivity index (χ4v) is 3.45. The van der Waals surface area contributed by atoms with E-state index >= 15 is 0 Å². The molecule has 7 nitrogen and oxygen atoms in total. The van der Waals surface area contributed by atoms with Crippen LogP contribution >= 0.6 is 0 Å².